The molecule has 12 heteroatoms. The predicted octanol–water partition coefficient (Wildman–Crippen LogP) is 13.8. The minimum Gasteiger partial charge on any atom is -0.497 e. The number of aromatic amines is 3. The molecule has 4 aromatic carbocycles. The van der Waals surface area contributed by atoms with Crippen LogP contribution in [-0.4, -0.2) is 144 Å². The molecule has 12 saturated heterocycles. The van der Waals surface area contributed by atoms with Crippen molar-refractivity contribution in [3.05, 3.63) is 124 Å². The fraction of sp³-hybridized carbons (Fsp3) is 0.535. The first-order valence-corrected chi connectivity index (χ1v) is 32.2. The van der Waals surface area contributed by atoms with E-state index in [-0.39, 0.29) is 5.92 Å². The second-order valence-corrected chi connectivity index (χ2v) is 26.1. The zero-order chi connectivity index (χ0) is 56.9. The van der Waals surface area contributed by atoms with Crippen LogP contribution in [0.2, 0.25) is 0 Å². The lowest BCUT2D eigenvalue weighted by molar-refractivity contribution is 0.0419. The molecule has 0 amide bonds. The molecule has 4 aromatic heterocycles. The number of H-pyrrole nitrogens is 3. The summed E-state index contributed by atoms with van der Waals surface area (Å²) in [6.07, 6.45) is 14.0. The van der Waals surface area contributed by atoms with E-state index in [9.17, 15) is 4.79 Å². The second-order valence-electron chi connectivity index (χ2n) is 26.1. The molecule has 83 heavy (non-hydrogen) atoms. The van der Waals surface area contributed by atoms with Gasteiger partial charge in [-0.15, -0.1) is 0 Å². The molecule has 20 rings (SSSR count). The van der Waals surface area contributed by atoms with Crippen LogP contribution in [0.15, 0.2) is 85.1 Å². The summed E-state index contributed by atoms with van der Waals surface area (Å²) in [5.74, 6) is 8.64. The maximum absolute atomic E-state index is 13.3. The molecule has 8 bridgehead atoms. The minimum absolute atomic E-state index is 0.158. The number of carbonyl (C=O) groups is 1. The predicted molar refractivity (Wildman–Crippen MR) is 338 cm³/mol. The average molecular weight is 1120 g/mol. The Morgan fingerprint density at radius 3 is 1.57 bits per heavy atom. The number of nitrogens with zero attached hydrogens (tertiary/aromatic N) is 5. The summed E-state index contributed by atoms with van der Waals surface area (Å²) in [4.78, 5) is 34.1. The van der Waals surface area contributed by atoms with Crippen molar-refractivity contribution >= 4 is 49.4 Å². The Labute approximate surface area is 492 Å². The Kier molecular flexibility index (Phi) is 16.3. The Balaban J connectivity index is 0.000000104. The van der Waals surface area contributed by atoms with Gasteiger partial charge in [0.1, 0.15) is 17.2 Å². The van der Waals surface area contributed by atoms with Gasteiger partial charge in [-0.2, -0.15) is 0 Å². The van der Waals surface area contributed by atoms with E-state index in [1.54, 1.807) is 18.2 Å². The molecular formula is C71H92N8O4. The van der Waals surface area contributed by atoms with Gasteiger partial charge < -0.3 is 53.3 Å². The highest BCUT2D eigenvalue weighted by Crippen LogP contribution is 2.46. The number of aromatic nitrogens is 4. The first-order valence-electron chi connectivity index (χ1n) is 32.2. The number of benzene rings is 4. The van der Waals surface area contributed by atoms with Crippen LogP contribution >= 0.6 is 0 Å². The quantitative estimate of drug-likeness (QED) is 0.110. The van der Waals surface area contributed by atoms with Crippen LogP contribution in [0, 0.1) is 50.4 Å². The summed E-state index contributed by atoms with van der Waals surface area (Å²) in [7, 11) is 3.91. The highest BCUT2D eigenvalue weighted by Gasteiger charge is 2.41. The number of Topliss-reactive ketones (excluding diaryl/α,β-unsaturated/α-hetero) is 1. The average Bonchev–Trinajstić information content (AvgIpc) is 3.91. The molecule has 4 unspecified atom stereocenters. The van der Waals surface area contributed by atoms with Crippen molar-refractivity contribution in [3.63, 3.8) is 0 Å². The Bertz CT molecular complexity index is 3550. The maximum Gasteiger partial charge on any atom is 0.169 e. The molecule has 12 aliphatic heterocycles. The van der Waals surface area contributed by atoms with E-state index >= 15 is 0 Å². The lowest BCUT2D eigenvalue weighted by atomic mass is 9.75. The van der Waals surface area contributed by atoms with E-state index in [1.807, 2.05) is 38.1 Å². The number of carbonyl (C=O) groups excluding carboxylic acids is 1. The molecule has 0 radical (unpaired) electrons. The lowest BCUT2D eigenvalue weighted by Gasteiger charge is -2.45. The van der Waals surface area contributed by atoms with Gasteiger partial charge >= 0.3 is 0 Å². The monoisotopic (exact) mass is 1120 g/mol. The summed E-state index contributed by atoms with van der Waals surface area (Å²) < 4.78 is 19.1. The lowest BCUT2D eigenvalue weighted by Crippen LogP contribution is -2.50. The first kappa shape index (κ1) is 56.1. The van der Waals surface area contributed by atoms with Crippen LogP contribution in [0.1, 0.15) is 134 Å². The van der Waals surface area contributed by atoms with Crippen LogP contribution in [0.5, 0.6) is 17.2 Å². The Morgan fingerprint density at radius 2 is 1.01 bits per heavy atom. The van der Waals surface area contributed by atoms with Gasteiger partial charge in [-0.3, -0.25) is 4.79 Å². The van der Waals surface area contributed by atoms with Gasteiger partial charge in [0.05, 0.1) is 25.8 Å². The van der Waals surface area contributed by atoms with Crippen molar-refractivity contribution in [2.45, 2.75) is 110 Å². The number of ketones is 1. The van der Waals surface area contributed by atoms with Crippen LogP contribution in [0.25, 0.3) is 43.6 Å². The van der Waals surface area contributed by atoms with E-state index in [4.69, 9.17) is 14.2 Å². The zero-order valence-electron chi connectivity index (χ0n) is 50.8. The Hall–Kier alpha value is -6.05. The van der Waals surface area contributed by atoms with Crippen LogP contribution in [0.4, 0.5) is 0 Å². The van der Waals surface area contributed by atoms with Crippen molar-refractivity contribution in [3.8, 4) is 17.2 Å². The van der Waals surface area contributed by atoms with E-state index in [2.05, 4.69) is 128 Å². The summed E-state index contributed by atoms with van der Waals surface area (Å²) in [6, 6.07) is 27.8. The molecule has 12 nitrogen and oxygen atoms in total. The van der Waals surface area contributed by atoms with Crippen molar-refractivity contribution in [1.82, 2.24) is 39.1 Å². The number of hydrogen-bond donors (Lipinski definition) is 3. The number of aryl methyl sites for hydroxylation is 4. The number of piperidine rings is 12. The molecule has 0 aliphatic carbocycles. The van der Waals surface area contributed by atoms with Gasteiger partial charge in [0.25, 0.3) is 0 Å². The van der Waals surface area contributed by atoms with Gasteiger partial charge in [-0.25, -0.2) is 0 Å². The van der Waals surface area contributed by atoms with Gasteiger partial charge in [0.15, 0.2) is 5.78 Å². The van der Waals surface area contributed by atoms with Crippen LogP contribution in [-0.2, 0) is 7.05 Å². The van der Waals surface area contributed by atoms with Crippen LogP contribution in [0.3, 0.4) is 0 Å². The molecular weight excluding hydrogens is 1030 g/mol. The van der Waals surface area contributed by atoms with Crippen molar-refractivity contribution in [2.75, 3.05) is 98.9 Å². The van der Waals surface area contributed by atoms with Crippen molar-refractivity contribution < 1.29 is 19.0 Å². The third kappa shape index (κ3) is 11.2. The molecule has 16 heterocycles. The first-order chi connectivity index (χ1) is 40.5. The minimum atomic E-state index is 0.158. The summed E-state index contributed by atoms with van der Waals surface area (Å²) in [5.41, 5.74) is 14.1. The number of para-hydroxylation sites is 1. The molecule has 440 valence electrons. The van der Waals surface area contributed by atoms with Gasteiger partial charge in [0, 0.05) is 130 Å². The zero-order valence-corrected chi connectivity index (χ0v) is 50.8. The largest absolute Gasteiger partial charge is 0.497 e. The molecule has 8 aromatic rings. The van der Waals surface area contributed by atoms with Gasteiger partial charge in [-0.1, -0.05) is 25.1 Å². The number of rotatable bonds is 11. The number of methoxy groups -OCH3 is 1. The highest BCUT2D eigenvalue weighted by molar-refractivity contribution is 6.10. The summed E-state index contributed by atoms with van der Waals surface area (Å²) >= 11 is 0. The maximum atomic E-state index is 13.3. The normalized spacial score (nSPS) is 28.4. The summed E-state index contributed by atoms with van der Waals surface area (Å²) in [5, 5.41) is 5.24. The molecule has 3 N–H and O–H groups in total. The fourth-order valence-electron chi connectivity index (χ4n) is 16.9. The topological polar surface area (TPSA) is 110 Å². The molecule has 0 spiro atoms. The van der Waals surface area contributed by atoms with E-state index < -0.39 is 0 Å². The molecule has 12 aliphatic rings. The SMILES string of the molecule is CCCOc1ccc2c(C3CN4CCC3CC4)cn(C)c2c1.CCOc1ccc2[nH]c(C)c(C(=O)C3CN4CCC3CC4)c2c1.COc1ccc2[nH]c(C)c(C3CN4CCC3CC4)c2c1.Cc1[nH]c2ccccc2c1C1CN2CCC1CC2. The number of hydrogen-bond acceptors (Lipinski definition) is 8. The van der Waals surface area contributed by atoms with Crippen molar-refractivity contribution in [1.29, 1.82) is 0 Å². The number of nitrogens with one attached hydrogen (secondary N) is 3. The third-order valence-electron chi connectivity index (χ3n) is 21.3. The van der Waals surface area contributed by atoms with Crippen LogP contribution < -0.4 is 14.2 Å². The standard InChI is InChI=1S/C19H24N2O2.C19H26N2O.C17H22N2O.C16H20N2/c1-3-23-14-4-5-17-15(10-14)18(12(2)20-17)19(22)16-11-21-8-6-13(16)7-9-21;1-3-10-22-15-4-5-16-18(12-20(2)19(16)11-15)17-13-21-8-6-14(17)7-9-21;1-11-17(15-10-19-7-5-12(15)6-8-19)14-9-13(20-2)3-4-16(14)18-11;1-11-16(13-4-2-3-5-15(13)17-11)14-10-18-8-6-12(14)7-9-18/h4-5,10,13,16,20H,3,6-9,11H2,1-2H3;4-5,11-12,14,17H,3,6-10,13H2,1-2H3;3-4,9,12,15,18H,5-8,10H2,1-2H3;2-5,12,14,17H,6-10H2,1H3. The second kappa shape index (κ2) is 24.1. The fourth-order valence-corrected chi connectivity index (χ4v) is 16.9. The highest BCUT2D eigenvalue weighted by atomic mass is 16.5. The van der Waals surface area contributed by atoms with Crippen molar-refractivity contribution in [2.24, 2.45) is 36.6 Å². The molecule has 12 fully saturated rings. The van der Waals surface area contributed by atoms with E-state index in [0.717, 1.165) is 95.7 Å². The van der Waals surface area contributed by atoms with E-state index in [0.29, 0.717) is 30.1 Å². The third-order valence-corrected chi connectivity index (χ3v) is 21.3. The molecule has 4 atom stereocenters. The van der Waals surface area contributed by atoms with Gasteiger partial charge in [-0.05, 0) is 233 Å². The smallest absolute Gasteiger partial charge is 0.169 e. The number of ether oxygens (including phenoxy) is 3. The summed E-state index contributed by atoms with van der Waals surface area (Å²) in [6.45, 7) is 26.9. The number of fused-ring (bicyclic) bond motifs is 16. The Morgan fingerprint density at radius 1 is 0.518 bits per heavy atom. The molecule has 0 saturated carbocycles. The van der Waals surface area contributed by atoms with Gasteiger partial charge in [0.2, 0.25) is 0 Å². The van der Waals surface area contributed by atoms with E-state index in [1.165, 1.54) is 160 Å².